The average Bonchev–Trinajstić information content (AvgIpc) is 2.12. The van der Waals surface area contributed by atoms with Crippen molar-refractivity contribution in [2.45, 2.75) is 71.6 Å². The SMILES string of the molecule is CCC1(CC)C(NC)CC1OC(C)(C)C. The molecule has 1 saturated carbocycles. The molecule has 1 rings (SSSR count). The summed E-state index contributed by atoms with van der Waals surface area (Å²) in [5.41, 5.74) is 0.348. The molecular formula is C13H27NO. The van der Waals surface area contributed by atoms with E-state index in [1.54, 1.807) is 0 Å². The summed E-state index contributed by atoms with van der Waals surface area (Å²) in [4.78, 5) is 0. The van der Waals surface area contributed by atoms with Gasteiger partial charge in [0.25, 0.3) is 0 Å². The van der Waals surface area contributed by atoms with Gasteiger partial charge in [-0.15, -0.1) is 0 Å². The Morgan fingerprint density at radius 2 is 1.80 bits per heavy atom. The lowest BCUT2D eigenvalue weighted by Crippen LogP contribution is -2.63. The molecule has 15 heavy (non-hydrogen) atoms. The van der Waals surface area contributed by atoms with E-state index >= 15 is 0 Å². The second-order valence-electron chi connectivity index (χ2n) is 5.74. The first kappa shape index (κ1) is 13.0. The minimum atomic E-state index is -0.0149. The van der Waals surface area contributed by atoms with E-state index in [0.717, 1.165) is 6.42 Å². The van der Waals surface area contributed by atoms with Crippen molar-refractivity contribution in [3.05, 3.63) is 0 Å². The predicted octanol–water partition coefficient (Wildman–Crippen LogP) is 2.97. The number of rotatable bonds is 4. The first-order valence-electron chi connectivity index (χ1n) is 6.24. The molecule has 0 aromatic rings. The van der Waals surface area contributed by atoms with Crippen LogP contribution in [-0.4, -0.2) is 24.8 Å². The predicted molar refractivity (Wildman–Crippen MR) is 65.1 cm³/mol. The van der Waals surface area contributed by atoms with Crippen LogP contribution in [0.15, 0.2) is 0 Å². The number of hydrogen-bond acceptors (Lipinski definition) is 2. The van der Waals surface area contributed by atoms with Crippen LogP contribution in [0.3, 0.4) is 0 Å². The van der Waals surface area contributed by atoms with Crippen molar-refractivity contribution >= 4 is 0 Å². The largest absolute Gasteiger partial charge is 0.372 e. The third-order valence-corrected chi connectivity index (χ3v) is 3.95. The van der Waals surface area contributed by atoms with Crippen molar-refractivity contribution in [2.75, 3.05) is 7.05 Å². The summed E-state index contributed by atoms with van der Waals surface area (Å²) in [6.07, 6.45) is 4.01. The van der Waals surface area contributed by atoms with Gasteiger partial charge in [-0.1, -0.05) is 13.8 Å². The molecule has 2 unspecified atom stereocenters. The highest BCUT2D eigenvalue weighted by Crippen LogP contribution is 2.49. The highest BCUT2D eigenvalue weighted by molar-refractivity contribution is 5.06. The van der Waals surface area contributed by atoms with Crippen LogP contribution in [0.25, 0.3) is 0 Å². The summed E-state index contributed by atoms with van der Waals surface area (Å²) in [7, 11) is 2.07. The molecule has 0 spiro atoms. The zero-order chi connectivity index (χ0) is 11.7. The molecule has 2 atom stereocenters. The number of hydrogen-bond donors (Lipinski definition) is 1. The number of nitrogens with one attached hydrogen (secondary N) is 1. The van der Waals surface area contributed by atoms with E-state index in [1.165, 1.54) is 12.8 Å². The van der Waals surface area contributed by atoms with Gasteiger partial charge in [-0.25, -0.2) is 0 Å². The van der Waals surface area contributed by atoms with Crippen molar-refractivity contribution in [1.82, 2.24) is 5.32 Å². The fraction of sp³-hybridized carbons (Fsp3) is 1.00. The molecule has 1 aliphatic rings. The Hall–Kier alpha value is -0.0800. The summed E-state index contributed by atoms with van der Waals surface area (Å²) in [5.74, 6) is 0. The molecule has 0 radical (unpaired) electrons. The smallest absolute Gasteiger partial charge is 0.0668 e. The Morgan fingerprint density at radius 3 is 2.13 bits per heavy atom. The van der Waals surface area contributed by atoms with Gasteiger partial charge >= 0.3 is 0 Å². The van der Waals surface area contributed by atoms with Crippen molar-refractivity contribution in [3.8, 4) is 0 Å². The van der Waals surface area contributed by atoms with Crippen LogP contribution in [-0.2, 0) is 4.74 Å². The normalized spacial score (nSPS) is 30.0. The first-order valence-corrected chi connectivity index (χ1v) is 6.24. The monoisotopic (exact) mass is 213 g/mol. The molecule has 2 nitrogen and oxygen atoms in total. The average molecular weight is 213 g/mol. The van der Waals surface area contributed by atoms with Crippen molar-refractivity contribution in [1.29, 1.82) is 0 Å². The third-order valence-electron chi connectivity index (χ3n) is 3.95. The Labute approximate surface area is 94.8 Å². The maximum atomic E-state index is 6.16. The minimum Gasteiger partial charge on any atom is -0.372 e. The first-order chi connectivity index (χ1) is 6.89. The standard InChI is InChI=1S/C13H27NO/c1-7-13(8-2)10(14-6)9-11(13)15-12(3,4)5/h10-11,14H,7-9H2,1-6H3. The molecule has 0 aliphatic heterocycles. The minimum absolute atomic E-state index is 0.0149. The van der Waals surface area contributed by atoms with Gasteiger partial charge in [-0.2, -0.15) is 0 Å². The van der Waals surface area contributed by atoms with Crippen LogP contribution in [0.5, 0.6) is 0 Å². The van der Waals surface area contributed by atoms with Crippen LogP contribution in [0, 0.1) is 5.41 Å². The second kappa shape index (κ2) is 4.42. The Balaban J connectivity index is 2.69. The molecule has 2 heteroatoms. The molecule has 1 N–H and O–H groups in total. The Bertz CT molecular complexity index is 203. The molecule has 0 saturated heterocycles. The lowest BCUT2D eigenvalue weighted by atomic mass is 9.58. The molecule has 1 fully saturated rings. The molecule has 0 amide bonds. The summed E-state index contributed by atoms with van der Waals surface area (Å²) in [6, 6.07) is 0.639. The van der Waals surface area contributed by atoms with Crippen molar-refractivity contribution in [3.63, 3.8) is 0 Å². The Morgan fingerprint density at radius 1 is 1.27 bits per heavy atom. The molecule has 0 aromatic heterocycles. The summed E-state index contributed by atoms with van der Waals surface area (Å²) in [6.45, 7) is 11.0. The summed E-state index contributed by atoms with van der Waals surface area (Å²) < 4.78 is 6.16. The fourth-order valence-electron chi connectivity index (χ4n) is 2.94. The molecule has 0 heterocycles. The lowest BCUT2D eigenvalue weighted by molar-refractivity contribution is -0.188. The van der Waals surface area contributed by atoms with E-state index < -0.39 is 0 Å². The van der Waals surface area contributed by atoms with Gasteiger partial charge in [0.15, 0.2) is 0 Å². The van der Waals surface area contributed by atoms with Gasteiger partial charge in [-0.3, -0.25) is 0 Å². The Kier molecular flexibility index (Phi) is 3.83. The van der Waals surface area contributed by atoms with E-state index in [-0.39, 0.29) is 5.60 Å². The van der Waals surface area contributed by atoms with Crippen molar-refractivity contribution in [2.24, 2.45) is 5.41 Å². The van der Waals surface area contributed by atoms with Gasteiger partial charge in [0, 0.05) is 11.5 Å². The van der Waals surface area contributed by atoms with Crippen LogP contribution < -0.4 is 5.32 Å². The summed E-state index contributed by atoms with van der Waals surface area (Å²) >= 11 is 0. The van der Waals surface area contributed by atoms with Crippen LogP contribution in [0.4, 0.5) is 0 Å². The second-order valence-corrected chi connectivity index (χ2v) is 5.74. The van der Waals surface area contributed by atoms with E-state index in [2.05, 4.69) is 47.0 Å². The van der Waals surface area contributed by atoms with Gasteiger partial charge in [0.1, 0.15) is 0 Å². The molecule has 90 valence electrons. The van der Waals surface area contributed by atoms with Crippen LogP contribution in [0.1, 0.15) is 53.9 Å². The van der Waals surface area contributed by atoms with E-state index in [1.807, 2.05) is 0 Å². The quantitative estimate of drug-likeness (QED) is 0.775. The van der Waals surface area contributed by atoms with Gasteiger partial charge < -0.3 is 10.1 Å². The fourth-order valence-corrected chi connectivity index (χ4v) is 2.94. The zero-order valence-corrected chi connectivity index (χ0v) is 11.2. The van der Waals surface area contributed by atoms with E-state index in [4.69, 9.17) is 4.74 Å². The maximum Gasteiger partial charge on any atom is 0.0668 e. The molecular weight excluding hydrogens is 186 g/mol. The van der Waals surface area contributed by atoms with Gasteiger partial charge in [0.05, 0.1) is 11.7 Å². The lowest BCUT2D eigenvalue weighted by Gasteiger charge is -2.57. The third kappa shape index (κ3) is 2.36. The number of ether oxygens (including phenoxy) is 1. The van der Waals surface area contributed by atoms with Crippen molar-refractivity contribution < 1.29 is 4.74 Å². The van der Waals surface area contributed by atoms with Gasteiger partial charge in [0.2, 0.25) is 0 Å². The highest BCUT2D eigenvalue weighted by Gasteiger charge is 2.53. The van der Waals surface area contributed by atoms with E-state index in [9.17, 15) is 0 Å². The topological polar surface area (TPSA) is 21.3 Å². The molecule has 0 bridgehead atoms. The van der Waals surface area contributed by atoms with Crippen LogP contribution in [0.2, 0.25) is 0 Å². The maximum absolute atomic E-state index is 6.16. The van der Waals surface area contributed by atoms with Crippen LogP contribution >= 0.6 is 0 Å². The van der Waals surface area contributed by atoms with Gasteiger partial charge in [-0.05, 0) is 47.1 Å². The van der Waals surface area contributed by atoms with E-state index in [0.29, 0.717) is 17.6 Å². The highest BCUT2D eigenvalue weighted by atomic mass is 16.5. The zero-order valence-electron chi connectivity index (χ0n) is 11.2. The molecule has 1 aliphatic carbocycles. The summed E-state index contributed by atoms with van der Waals surface area (Å²) in [5, 5.41) is 3.43. The molecule has 0 aromatic carbocycles.